The molecule has 0 amide bonds. The van der Waals surface area contributed by atoms with Crippen LogP contribution in [0.5, 0.6) is 0 Å². The highest BCUT2D eigenvalue weighted by molar-refractivity contribution is 6.17. The van der Waals surface area contributed by atoms with E-state index in [0.29, 0.717) is 11.4 Å². The normalized spacial score (nSPS) is 14.4. The van der Waals surface area contributed by atoms with E-state index in [1.54, 1.807) is 4.57 Å². The fourth-order valence-electron chi connectivity index (χ4n) is 15.6. The summed E-state index contributed by atoms with van der Waals surface area (Å²) in [6.07, 6.45) is 0.768. The molecule has 0 bridgehead atoms. The van der Waals surface area contributed by atoms with Gasteiger partial charge in [0, 0.05) is 44.6 Å². The Morgan fingerprint density at radius 3 is 1.16 bits per heavy atom. The van der Waals surface area contributed by atoms with Crippen molar-refractivity contribution in [2.24, 2.45) is 0 Å². The number of fused-ring (bicyclic) bond motifs is 9. The van der Waals surface area contributed by atoms with Crippen LogP contribution in [0.1, 0.15) is 97.4 Å². The molecule has 0 N–H and O–H groups in total. The van der Waals surface area contributed by atoms with E-state index >= 15 is 0 Å². The molecule has 3 aliphatic rings. The predicted octanol–water partition coefficient (Wildman–Crippen LogP) is 25.8. The topological polar surface area (TPSA) is 14.7 Å². The summed E-state index contributed by atoms with van der Waals surface area (Å²) in [5, 5.41) is 0.00964. The minimum absolute atomic E-state index is 0.00482. The average Bonchev–Trinajstić information content (AvgIpc) is 0.814. The second-order valence-corrected chi connectivity index (χ2v) is 28.2. The lowest BCUT2D eigenvalue weighted by atomic mass is 9.74. The van der Waals surface area contributed by atoms with Gasteiger partial charge in [-0.05, 0) is 144 Å². The number of hydrogen-bond donors (Lipinski definition) is 0. The third-order valence-corrected chi connectivity index (χ3v) is 20.3. The summed E-state index contributed by atoms with van der Waals surface area (Å²) in [6.45, 7) is 13.7. The van der Waals surface area contributed by atoms with Gasteiger partial charge < -0.3 is 19.3 Å². The lowest BCUT2D eigenvalue weighted by molar-refractivity contribution is 0.569. The van der Waals surface area contributed by atoms with E-state index in [2.05, 4.69) is 311 Å². The molecule has 470 valence electrons. The molecule has 15 aromatic rings. The number of aromatic nitrogens is 1. The van der Waals surface area contributed by atoms with Crippen molar-refractivity contribution in [1.82, 2.24) is 4.57 Å². The standard InChI is InChI=1S/C94H74N4/c1-93(2,3)70-54-68(55-71(59-70)94(4,5)6)65-49-51-83-85(56-65)97(90-75(61-29-11-7-12-30-61)43-27-44-76(90)62-31-13-8-14-32-62)87-57-69(89-73-39-21-19-37-66(73)53-67-38-20-22-40-74(67)89)58-88-92(87)96(83)84-52-50-72(95-81-47-25-23-41-79(81)80-42-24-26-48-82(80)95)60-86(84)98(88)91-77(63-33-15-9-16-34-63)45-28-46-78(91)64-35-17-10-18-36-64/h7-52,54-60,89H,53H2,1-6H3/i23D,24D,25D,26D,41D,42D,47D,48D. The summed E-state index contributed by atoms with van der Waals surface area (Å²) in [5.74, 6) is -0.282. The van der Waals surface area contributed by atoms with E-state index in [9.17, 15) is 8.22 Å². The smallest absolute Gasteiger partial charge is 0.0948 e. The van der Waals surface area contributed by atoms with E-state index in [1.165, 1.54) is 33.4 Å². The van der Waals surface area contributed by atoms with E-state index in [1.807, 2.05) is 18.2 Å². The van der Waals surface area contributed by atoms with Crippen LogP contribution >= 0.6 is 0 Å². The number of anilines is 9. The molecule has 0 atom stereocenters. The molecule has 0 spiro atoms. The molecule has 0 fully saturated rings. The Labute approximate surface area is 586 Å². The zero-order valence-corrected chi connectivity index (χ0v) is 55.6. The number of nitrogens with zero attached hydrogens (tertiary/aromatic N) is 4. The first kappa shape index (κ1) is 50.7. The molecule has 14 aromatic carbocycles. The Morgan fingerprint density at radius 2 is 0.714 bits per heavy atom. The van der Waals surface area contributed by atoms with E-state index in [0.717, 1.165) is 113 Å². The maximum absolute atomic E-state index is 9.84. The molecule has 18 rings (SSSR count). The third kappa shape index (κ3) is 9.64. The maximum Gasteiger partial charge on any atom is 0.0948 e. The quantitative estimate of drug-likeness (QED) is 0.143. The molecule has 0 saturated carbocycles. The lowest BCUT2D eigenvalue weighted by Crippen LogP contribution is -2.31. The van der Waals surface area contributed by atoms with Gasteiger partial charge in [0.1, 0.15) is 0 Å². The van der Waals surface area contributed by atoms with Crippen LogP contribution in [0.15, 0.2) is 321 Å². The summed E-state index contributed by atoms with van der Waals surface area (Å²) in [5.41, 5.74) is 26.4. The van der Waals surface area contributed by atoms with Gasteiger partial charge in [0.25, 0.3) is 0 Å². The predicted molar refractivity (Wildman–Crippen MR) is 413 cm³/mol. The molecule has 0 radical (unpaired) electrons. The highest BCUT2D eigenvalue weighted by Crippen LogP contribution is 2.67. The second-order valence-electron chi connectivity index (χ2n) is 28.2. The molecule has 2 aliphatic heterocycles. The van der Waals surface area contributed by atoms with Gasteiger partial charge in [0.15, 0.2) is 0 Å². The van der Waals surface area contributed by atoms with Crippen molar-refractivity contribution in [3.8, 4) is 61.3 Å². The lowest BCUT2D eigenvalue weighted by Gasteiger charge is -2.49. The Balaban J connectivity index is 1.06. The zero-order chi connectivity index (χ0) is 72.9. The van der Waals surface area contributed by atoms with Crippen LogP contribution in [0.4, 0.5) is 51.2 Å². The van der Waals surface area contributed by atoms with Crippen molar-refractivity contribution < 1.29 is 11.0 Å². The van der Waals surface area contributed by atoms with Crippen molar-refractivity contribution in [3.05, 3.63) is 360 Å². The van der Waals surface area contributed by atoms with Crippen molar-refractivity contribution in [2.45, 2.75) is 64.7 Å². The highest BCUT2D eigenvalue weighted by atomic mass is 15.3. The van der Waals surface area contributed by atoms with E-state index < -0.39 is 36.3 Å². The highest BCUT2D eigenvalue weighted by Gasteiger charge is 2.44. The van der Waals surface area contributed by atoms with Gasteiger partial charge in [-0.1, -0.05) is 308 Å². The van der Waals surface area contributed by atoms with Gasteiger partial charge in [0.05, 0.1) is 73.2 Å². The molecule has 1 aromatic heterocycles. The summed E-state index contributed by atoms with van der Waals surface area (Å²) in [4.78, 5) is 7.42. The van der Waals surface area contributed by atoms with Crippen LogP contribution < -0.4 is 14.7 Å². The van der Waals surface area contributed by atoms with Crippen LogP contribution in [0, 0.1) is 0 Å². The van der Waals surface area contributed by atoms with Gasteiger partial charge in [-0.2, -0.15) is 0 Å². The summed E-state index contributed by atoms with van der Waals surface area (Å²) in [6, 6.07) is 95.1. The minimum Gasteiger partial charge on any atom is -0.309 e. The fourth-order valence-corrected chi connectivity index (χ4v) is 15.6. The van der Waals surface area contributed by atoms with Crippen molar-refractivity contribution in [2.75, 3.05) is 14.7 Å². The largest absolute Gasteiger partial charge is 0.309 e. The minimum atomic E-state index is -0.502. The number of para-hydroxylation sites is 4. The fraction of sp³-hybridized carbons (Fsp3) is 0.106. The Morgan fingerprint density at radius 1 is 0.316 bits per heavy atom. The van der Waals surface area contributed by atoms with Crippen LogP contribution in [0.3, 0.4) is 0 Å². The first-order chi connectivity index (χ1) is 51.2. The van der Waals surface area contributed by atoms with Crippen LogP contribution in [0.2, 0.25) is 0 Å². The summed E-state index contributed by atoms with van der Waals surface area (Å²) >= 11 is 0. The molecular weight excluding hydrogens is 1190 g/mol. The molecule has 1 aliphatic carbocycles. The SMILES string of the molecule is [2H]c1c([2H])c([2H])c2c(c1[2H])c1c([2H])c([2H])c([2H])c([2H])c1n2-c1ccc2c(c1)N(c1c(-c3ccccc3)cccc1-c1ccccc1)c1cc(C3c4ccccc4Cc4ccccc43)cc3c1N2c1ccc(-c2cc(C(C)(C)C)cc(C(C)(C)C)c2)cc1N3c1c(-c2ccccc2)cccc1-c1ccccc1. The van der Waals surface area contributed by atoms with Gasteiger partial charge in [-0.3, -0.25) is 0 Å². The molecular formula is C94H74N4. The summed E-state index contributed by atoms with van der Waals surface area (Å²) < 4.78 is 77.2. The van der Waals surface area contributed by atoms with Gasteiger partial charge >= 0.3 is 0 Å². The first-order valence-electron chi connectivity index (χ1n) is 37.9. The Bertz CT molecular complexity index is 5870. The summed E-state index contributed by atoms with van der Waals surface area (Å²) in [7, 11) is 0. The molecule has 4 heteroatoms. The monoisotopic (exact) mass is 1270 g/mol. The number of benzene rings is 14. The van der Waals surface area contributed by atoms with E-state index in [4.69, 9.17) is 2.74 Å². The average molecular weight is 1270 g/mol. The van der Waals surface area contributed by atoms with Crippen LogP contribution in [-0.4, -0.2) is 4.57 Å². The molecule has 4 nitrogen and oxygen atoms in total. The molecule has 98 heavy (non-hydrogen) atoms. The van der Waals surface area contributed by atoms with Crippen LogP contribution in [0.25, 0.3) is 83.1 Å². The van der Waals surface area contributed by atoms with Crippen molar-refractivity contribution in [1.29, 1.82) is 0 Å². The Kier molecular flexibility index (Phi) is 11.9. The van der Waals surface area contributed by atoms with Gasteiger partial charge in [-0.15, -0.1) is 0 Å². The second kappa shape index (κ2) is 23.0. The number of hydrogen-bond acceptors (Lipinski definition) is 3. The van der Waals surface area contributed by atoms with Crippen molar-refractivity contribution >= 4 is 73.0 Å². The third-order valence-electron chi connectivity index (χ3n) is 20.3. The first-order valence-corrected chi connectivity index (χ1v) is 33.9. The van der Waals surface area contributed by atoms with Gasteiger partial charge in [0.2, 0.25) is 0 Å². The zero-order valence-electron chi connectivity index (χ0n) is 63.6. The molecule has 0 saturated heterocycles. The van der Waals surface area contributed by atoms with E-state index in [-0.39, 0.29) is 50.6 Å². The Hall–Kier alpha value is -11.7. The van der Waals surface area contributed by atoms with Gasteiger partial charge in [-0.25, -0.2) is 0 Å². The van der Waals surface area contributed by atoms with Crippen LogP contribution in [-0.2, 0) is 17.3 Å². The molecule has 0 unspecified atom stereocenters. The molecule has 3 heterocycles. The maximum atomic E-state index is 9.84. The number of rotatable bonds is 9. The van der Waals surface area contributed by atoms with Crippen molar-refractivity contribution in [3.63, 3.8) is 0 Å².